The minimum Gasteiger partial charge on any atom is -0.488 e. The monoisotopic (exact) mass is 414 g/mol. The van der Waals surface area contributed by atoms with Gasteiger partial charge < -0.3 is 10.1 Å². The van der Waals surface area contributed by atoms with Crippen LogP contribution in [0, 0.1) is 13.8 Å². The highest BCUT2D eigenvalue weighted by molar-refractivity contribution is 8.18. The predicted octanol–water partition coefficient (Wildman–Crippen LogP) is 5.77. The van der Waals surface area contributed by atoms with E-state index in [0.717, 1.165) is 28.1 Å². The van der Waals surface area contributed by atoms with E-state index in [-0.39, 0.29) is 5.91 Å². The summed E-state index contributed by atoms with van der Waals surface area (Å²) in [6.07, 6.45) is 1.85. The fraction of sp³-hybridized carbons (Fsp3) is 0.120. The third kappa shape index (κ3) is 4.81. The van der Waals surface area contributed by atoms with Crippen LogP contribution in [0.15, 0.2) is 82.7 Å². The topological polar surface area (TPSA) is 50.7 Å². The Bertz CT molecular complexity index is 1140. The number of benzene rings is 3. The number of amides is 1. The molecule has 5 heteroatoms. The summed E-state index contributed by atoms with van der Waals surface area (Å²) in [5.74, 6) is 0.586. The number of aryl methyl sites for hydroxylation is 2. The van der Waals surface area contributed by atoms with Crippen molar-refractivity contribution in [1.29, 1.82) is 0 Å². The van der Waals surface area contributed by atoms with Gasteiger partial charge in [-0.15, -0.1) is 0 Å². The minimum absolute atomic E-state index is 0.152. The van der Waals surface area contributed by atoms with Crippen molar-refractivity contribution in [3.8, 4) is 5.75 Å². The van der Waals surface area contributed by atoms with Crippen molar-refractivity contribution in [3.63, 3.8) is 0 Å². The van der Waals surface area contributed by atoms with Gasteiger partial charge in [0.05, 0.1) is 10.6 Å². The molecule has 4 rings (SSSR count). The molecule has 0 radical (unpaired) electrons. The number of nitrogens with one attached hydrogen (secondary N) is 1. The molecule has 1 heterocycles. The number of hydrogen-bond donors (Lipinski definition) is 1. The molecule has 30 heavy (non-hydrogen) atoms. The first-order valence-corrected chi connectivity index (χ1v) is 10.5. The van der Waals surface area contributed by atoms with Crippen molar-refractivity contribution in [2.45, 2.75) is 20.5 Å². The predicted molar refractivity (Wildman–Crippen MR) is 124 cm³/mol. The zero-order valence-corrected chi connectivity index (χ0v) is 17.7. The molecule has 1 N–H and O–H groups in total. The summed E-state index contributed by atoms with van der Waals surface area (Å²) in [7, 11) is 0. The van der Waals surface area contributed by atoms with Crippen LogP contribution in [0.5, 0.6) is 5.75 Å². The van der Waals surface area contributed by atoms with Gasteiger partial charge in [-0.05, 0) is 54.9 Å². The van der Waals surface area contributed by atoms with Crippen LogP contribution in [0.3, 0.4) is 0 Å². The summed E-state index contributed by atoms with van der Waals surface area (Å²) in [6, 6.07) is 23.8. The van der Waals surface area contributed by atoms with Crippen molar-refractivity contribution in [1.82, 2.24) is 5.32 Å². The first-order valence-electron chi connectivity index (χ1n) is 9.71. The number of carbonyl (C=O) groups excluding carboxylic acids is 1. The highest BCUT2D eigenvalue weighted by atomic mass is 32.2. The van der Waals surface area contributed by atoms with Crippen LogP contribution in [0.4, 0.5) is 5.69 Å². The lowest BCUT2D eigenvalue weighted by Gasteiger charge is -2.09. The second-order valence-corrected chi connectivity index (χ2v) is 8.11. The summed E-state index contributed by atoms with van der Waals surface area (Å²) in [4.78, 5) is 17.7. The van der Waals surface area contributed by atoms with Crippen molar-refractivity contribution >= 4 is 34.6 Å². The highest BCUT2D eigenvalue weighted by Gasteiger charge is 2.24. The number of aliphatic imine (C=N–C) groups is 1. The third-order valence-electron chi connectivity index (χ3n) is 4.67. The summed E-state index contributed by atoms with van der Waals surface area (Å²) < 4.78 is 6.00. The Balaban J connectivity index is 1.53. The molecule has 3 aromatic rings. The fourth-order valence-corrected chi connectivity index (χ4v) is 3.95. The average Bonchev–Trinajstić information content (AvgIpc) is 3.09. The standard InChI is InChI=1S/C25H22N2O2S/c1-17-12-13-21(18(2)14-17)26-25-27-24(28)23(30-25)15-20-10-6-7-11-22(20)29-16-19-8-4-3-5-9-19/h3-15H,16H2,1-2H3,(H,26,27,28)/b23-15+. The Morgan fingerprint density at radius 3 is 2.57 bits per heavy atom. The SMILES string of the molecule is Cc1ccc(N=C2NC(=O)/C(=C\c3ccccc3OCc3ccccc3)S2)c(C)c1. The lowest BCUT2D eigenvalue weighted by molar-refractivity contribution is -0.115. The average molecular weight is 415 g/mol. The Morgan fingerprint density at radius 2 is 1.77 bits per heavy atom. The normalized spacial score (nSPS) is 16.1. The molecule has 1 aliphatic heterocycles. The fourth-order valence-electron chi connectivity index (χ4n) is 3.13. The number of ether oxygens (including phenoxy) is 1. The Kier molecular flexibility index (Phi) is 6.00. The van der Waals surface area contributed by atoms with Crippen LogP contribution in [0.1, 0.15) is 22.3 Å². The molecule has 1 saturated heterocycles. The molecule has 0 saturated carbocycles. The van der Waals surface area contributed by atoms with Gasteiger partial charge in [-0.25, -0.2) is 4.99 Å². The maximum absolute atomic E-state index is 12.5. The van der Waals surface area contributed by atoms with Crippen molar-refractivity contribution in [3.05, 3.63) is 100.0 Å². The van der Waals surface area contributed by atoms with E-state index in [1.807, 2.05) is 86.7 Å². The van der Waals surface area contributed by atoms with Crippen LogP contribution in [-0.2, 0) is 11.4 Å². The molecule has 0 bridgehead atoms. The molecule has 0 aliphatic carbocycles. The lowest BCUT2D eigenvalue weighted by atomic mass is 10.1. The molecule has 0 spiro atoms. The van der Waals surface area contributed by atoms with Crippen LogP contribution in [0.25, 0.3) is 6.08 Å². The van der Waals surface area contributed by atoms with Crippen LogP contribution >= 0.6 is 11.8 Å². The molecule has 0 atom stereocenters. The van der Waals surface area contributed by atoms with E-state index in [0.29, 0.717) is 16.7 Å². The summed E-state index contributed by atoms with van der Waals surface area (Å²) in [6.45, 7) is 4.54. The van der Waals surface area contributed by atoms with Gasteiger partial charge in [-0.2, -0.15) is 0 Å². The number of hydrogen-bond acceptors (Lipinski definition) is 4. The van der Waals surface area contributed by atoms with E-state index in [2.05, 4.69) is 16.4 Å². The molecule has 1 aliphatic rings. The Morgan fingerprint density at radius 1 is 1.00 bits per heavy atom. The zero-order chi connectivity index (χ0) is 20.9. The van der Waals surface area contributed by atoms with Gasteiger partial charge in [0.15, 0.2) is 5.17 Å². The van der Waals surface area contributed by atoms with Gasteiger partial charge in [-0.1, -0.05) is 66.2 Å². The molecule has 4 nitrogen and oxygen atoms in total. The second-order valence-electron chi connectivity index (χ2n) is 7.08. The van der Waals surface area contributed by atoms with Crippen molar-refractivity contribution in [2.75, 3.05) is 0 Å². The van der Waals surface area contributed by atoms with Crippen molar-refractivity contribution < 1.29 is 9.53 Å². The number of carbonyl (C=O) groups is 1. The second kappa shape index (κ2) is 9.01. The van der Waals surface area contributed by atoms with E-state index in [9.17, 15) is 4.79 Å². The van der Waals surface area contributed by atoms with Crippen molar-refractivity contribution in [2.24, 2.45) is 4.99 Å². The largest absolute Gasteiger partial charge is 0.488 e. The van der Waals surface area contributed by atoms with Gasteiger partial charge in [0.25, 0.3) is 5.91 Å². The van der Waals surface area contributed by atoms with Gasteiger partial charge in [0, 0.05) is 5.56 Å². The number of para-hydroxylation sites is 1. The van der Waals surface area contributed by atoms with Crippen LogP contribution in [-0.4, -0.2) is 11.1 Å². The molecular weight excluding hydrogens is 392 g/mol. The Hall–Kier alpha value is -3.31. The first kappa shape index (κ1) is 20.0. The van der Waals surface area contributed by atoms with Gasteiger partial charge in [0.2, 0.25) is 0 Å². The highest BCUT2D eigenvalue weighted by Crippen LogP contribution is 2.31. The number of amidine groups is 1. The van der Waals surface area contributed by atoms with Gasteiger partial charge in [-0.3, -0.25) is 4.79 Å². The molecule has 150 valence electrons. The quantitative estimate of drug-likeness (QED) is 0.539. The van der Waals surface area contributed by atoms with Gasteiger partial charge >= 0.3 is 0 Å². The van der Waals surface area contributed by atoms with E-state index >= 15 is 0 Å². The van der Waals surface area contributed by atoms with Crippen LogP contribution in [0.2, 0.25) is 0 Å². The summed E-state index contributed by atoms with van der Waals surface area (Å²) in [5, 5.41) is 3.44. The number of thioether (sulfide) groups is 1. The summed E-state index contributed by atoms with van der Waals surface area (Å²) in [5.41, 5.74) is 5.08. The maximum atomic E-state index is 12.5. The smallest absolute Gasteiger partial charge is 0.264 e. The Labute approximate surface area is 180 Å². The van der Waals surface area contributed by atoms with E-state index < -0.39 is 0 Å². The first-order chi connectivity index (χ1) is 14.6. The van der Waals surface area contributed by atoms with E-state index in [1.54, 1.807) is 0 Å². The van der Waals surface area contributed by atoms with Gasteiger partial charge in [0.1, 0.15) is 12.4 Å². The van der Waals surface area contributed by atoms with E-state index in [1.165, 1.54) is 17.3 Å². The number of rotatable bonds is 5. The molecular formula is C25H22N2O2S. The molecule has 1 fully saturated rings. The maximum Gasteiger partial charge on any atom is 0.264 e. The summed E-state index contributed by atoms with van der Waals surface area (Å²) >= 11 is 1.34. The van der Waals surface area contributed by atoms with Crippen LogP contribution < -0.4 is 10.1 Å². The minimum atomic E-state index is -0.152. The molecule has 3 aromatic carbocycles. The lowest BCUT2D eigenvalue weighted by Crippen LogP contribution is -2.19. The molecule has 0 unspecified atom stereocenters. The van der Waals surface area contributed by atoms with E-state index in [4.69, 9.17) is 4.74 Å². The molecule has 0 aromatic heterocycles. The zero-order valence-electron chi connectivity index (χ0n) is 16.9. The molecule has 1 amide bonds. The number of nitrogens with zero attached hydrogens (tertiary/aromatic N) is 1. The third-order valence-corrected chi connectivity index (χ3v) is 5.58.